The van der Waals surface area contributed by atoms with Crippen LogP contribution in [0.2, 0.25) is 0 Å². The number of aryl methyl sites for hydroxylation is 2. The summed E-state index contributed by atoms with van der Waals surface area (Å²) in [5, 5.41) is 3.11. The van der Waals surface area contributed by atoms with Crippen molar-refractivity contribution in [2.45, 2.75) is 43.4 Å². The molecule has 18 heavy (non-hydrogen) atoms. The number of benzene rings is 2. The van der Waals surface area contributed by atoms with Gasteiger partial charge in [-0.25, -0.2) is 0 Å². The Bertz CT molecular complexity index is 642. The zero-order valence-corrected chi connectivity index (χ0v) is 12.3. The highest BCUT2D eigenvalue weighted by atomic mass is 79.9. The van der Waals surface area contributed by atoms with Crippen LogP contribution in [0.4, 0.5) is 0 Å². The summed E-state index contributed by atoms with van der Waals surface area (Å²) in [5.41, 5.74) is 6.33. The van der Waals surface area contributed by atoms with Crippen molar-refractivity contribution in [3.05, 3.63) is 46.5 Å². The first kappa shape index (κ1) is 11.0. The van der Waals surface area contributed by atoms with Crippen LogP contribution in [0.3, 0.4) is 0 Å². The summed E-state index contributed by atoms with van der Waals surface area (Å²) < 4.78 is 0. The molecule has 0 spiro atoms. The maximum atomic E-state index is 3.88. The molecule has 0 nitrogen and oxygen atoms in total. The molecule has 2 aliphatic carbocycles. The second-order valence-electron chi connectivity index (χ2n) is 5.82. The second kappa shape index (κ2) is 3.84. The minimum atomic E-state index is 0.564. The van der Waals surface area contributed by atoms with Gasteiger partial charge < -0.3 is 0 Å². The number of fused-ring (bicyclic) bond motifs is 2. The molecule has 2 atom stereocenters. The van der Waals surface area contributed by atoms with Crippen LogP contribution in [0.1, 0.15) is 52.8 Å². The van der Waals surface area contributed by atoms with Crippen LogP contribution in [0.15, 0.2) is 24.3 Å². The molecule has 0 saturated carbocycles. The molecule has 2 aromatic carbocycles. The van der Waals surface area contributed by atoms with E-state index < -0.39 is 0 Å². The molecule has 0 aromatic heterocycles. The highest BCUT2D eigenvalue weighted by Crippen LogP contribution is 2.47. The van der Waals surface area contributed by atoms with E-state index in [-0.39, 0.29) is 0 Å². The lowest BCUT2D eigenvalue weighted by molar-refractivity contribution is 0.591. The van der Waals surface area contributed by atoms with Crippen LogP contribution in [-0.2, 0) is 12.8 Å². The summed E-state index contributed by atoms with van der Waals surface area (Å²) in [6.45, 7) is 2.39. The predicted molar refractivity (Wildman–Crippen MR) is 80.7 cm³/mol. The molecule has 4 rings (SSSR count). The summed E-state index contributed by atoms with van der Waals surface area (Å²) in [5.74, 6) is 0.707. The van der Waals surface area contributed by atoms with Crippen LogP contribution in [0, 0.1) is 0 Å². The standard InChI is InChI=1S/C17H17Br/c1-10-5-8-15(18)14-9-12-7-6-11-3-2-4-13(16(10)14)17(11)12/h2-4,9-10,15H,5-8H2,1H3. The van der Waals surface area contributed by atoms with Gasteiger partial charge in [0.25, 0.3) is 0 Å². The summed E-state index contributed by atoms with van der Waals surface area (Å²) in [6, 6.07) is 9.39. The zero-order valence-electron chi connectivity index (χ0n) is 10.7. The molecule has 0 aliphatic heterocycles. The number of rotatable bonds is 0. The second-order valence-corrected chi connectivity index (χ2v) is 6.93. The Balaban J connectivity index is 2.15. The summed E-state index contributed by atoms with van der Waals surface area (Å²) in [6.07, 6.45) is 5.05. The summed E-state index contributed by atoms with van der Waals surface area (Å²) in [4.78, 5) is 0.564. The fourth-order valence-corrected chi connectivity index (χ4v) is 4.52. The maximum absolute atomic E-state index is 3.88. The lowest BCUT2D eigenvalue weighted by Crippen LogP contribution is -2.10. The van der Waals surface area contributed by atoms with Gasteiger partial charge in [0.05, 0.1) is 0 Å². The molecule has 0 fully saturated rings. The molecule has 0 bridgehead atoms. The highest BCUT2D eigenvalue weighted by Gasteiger charge is 2.28. The topological polar surface area (TPSA) is 0 Å². The van der Waals surface area contributed by atoms with Crippen molar-refractivity contribution >= 4 is 26.7 Å². The molecule has 0 amide bonds. The van der Waals surface area contributed by atoms with Crippen molar-refractivity contribution in [2.75, 3.05) is 0 Å². The predicted octanol–water partition coefficient (Wildman–Crippen LogP) is 5.27. The van der Waals surface area contributed by atoms with Gasteiger partial charge >= 0.3 is 0 Å². The maximum Gasteiger partial charge on any atom is 0.0398 e. The molecular formula is C17H17Br. The monoisotopic (exact) mass is 300 g/mol. The lowest BCUT2D eigenvalue weighted by atomic mass is 9.80. The summed E-state index contributed by atoms with van der Waals surface area (Å²) >= 11 is 3.88. The molecule has 92 valence electrons. The van der Waals surface area contributed by atoms with Gasteiger partial charge in [0.15, 0.2) is 0 Å². The Kier molecular flexibility index (Phi) is 2.35. The van der Waals surface area contributed by atoms with E-state index in [4.69, 9.17) is 0 Å². The molecule has 1 heteroatoms. The van der Waals surface area contributed by atoms with Crippen LogP contribution >= 0.6 is 15.9 Å². The molecule has 0 saturated heterocycles. The van der Waals surface area contributed by atoms with Crippen molar-refractivity contribution in [2.24, 2.45) is 0 Å². The van der Waals surface area contributed by atoms with Crippen molar-refractivity contribution < 1.29 is 0 Å². The van der Waals surface area contributed by atoms with E-state index in [9.17, 15) is 0 Å². The van der Waals surface area contributed by atoms with E-state index >= 15 is 0 Å². The van der Waals surface area contributed by atoms with Crippen LogP contribution < -0.4 is 0 Å². The van der Waals surface area contributed by atoms with E-state index in [1.807, 2.05) is 0 Å². The van der Waals surface area contributed by atoms with E-state index in [1.54, 1.807) is 27.6 Å². The van der Waals surface area contributed by atoms with Crippen LogP contribution in [0.5, 0.6) is 0 Å². The van der Waals surface area contributed by atoms with Crippen LogP contribution in [-0.4, -0.2) is 0 Å². The third-order valence-corrected chi connectivity index (χ3v) is 5.70. The Morgan fingerprint density at radius 2 is 1.94 bits per heavy atom. The van der Waals surface area contributed by atoms with E-state index in [0.29, 0.717) is 10.7 Å². The highest BCUT2D eigenvalue weighted by molar-refractivity contribution is 9.09. The quantitative estimate of drug-likeness (QED) is 0.581. The van der Waals surface area contributed by atoms with Crippen molar-refractivity contribution in [3.63, 3.8) is 0 Å². The average Bonchev–Trinajstić information content (AvgIpc) is 2.79. The first-order valence-electron chi connectivity index (χ1n) is 6.97. The largest absolute Gasteiger partial charge is 0.0839 e. The lowest BCUT2D eigenvalue weighted by Gasteiger charge is -2.28. The van der Waals surface area contributed by atoms with E-state index in [0.717, 1.165) is 0 Å². The third kappa shape index (κ3) is 1.37. The van der Waals surface area contributed by atoms with Gasteiger partial charge in [0, 0.05) is 4.83 Å². The van der Waals surface area contributed by atoms with Crippen molar-refractivity contribution in [3.8, 4) is 0 Å². The number of hydrogen-bond acceptors (Lipinski definition) is 0. The number of halogens is 1. The third-order valence-electron chi connectivity index (χ3n) is 4.75. The Morgan fingerprint density at radius 1 is 1.11 bits per heavy atom. The number of hydrogen-bond donors (Lipinski definition) is 0. The smallest absolute Gasteiger partial charge is 0.0398 e. The molecular weight excluding hydrogens is 284 g/mol. The molecule has 2 aromatic rings. The Morgan fingerprint density at radius 3 is 2.83 bits per heavy atom. The van der Waals surface area contributed by atoms with Gasteiger partial charge in [0.1, 0.15) is 0 Å². The molecule has 2 unspecified atom stereocenters. The average molecular weight is 301 g/mol. The van der Waals surface area contributed by atoms with Gasteiger partial charge in [-0.05, 0) is 64.6 Å². The zero-order chi connectivity index (χ0) is 12.3. The van der Waals surface area contributed by atoms with Gasteiger partial charge in [-0.3, -0.25) is 0 Å². The van der Waals surface area contributed by atoms with Gasteiger partial charge in [-0.15, -0.1) is 0 Å². The Labute approximate surface area is 117 Å². The summed E-state index contributed by atoms with van der Waals surface area (Å²) in [7, 11) is 0. The van der Waals surface area contributed by atoms with E-state index in [1.165, 1.54) is 31.1 Å². The minimum absolute atomic E-state index is 0.564. The molecule has 0 N–H and O–H groups in total. The van der Waals surface area contributed by atoms with Crippen molar-refractivity contribution in [1.29, 1.82) is 0 Å². The normalized spacial score (nSPS) is 25.4. The Hall–Kier alpha value is -0.820. The molecule has 0 heterocycles. The molecule has 2 aliphatic rings. The fraction of sp³-hybridized carbons (Fsp3) is 0.412. The van der Waals surface area contributed by atoms with Gasteiger partial charge in [-0.1, -0.05) is 47.1 Å². The van der Waals surface area contributed by atoms with Crippen molar-refractivity contribution in [1.82, 2.24) is 0 Å². The van der Waals surface area contributed by atoms with Gasteiger partial charge in [-0.2, -0.15) is 0 Å². The number of alkyl halides is 1. The molecule has 0 radical (unpaired) electrons. The van der Waals surface area contributed by atoms with E-state index in [2.05, 4.69) is 47.1 Å². The van der Waals surface area contributed by atoms with Crippen LogP contribution in [0.25, 0.3) is 10.8 Å². The van der Waals surface area contributed by atoms with Gasteiger partial charge in [0.2, 0.25) is 0 Å². The first-order valence-corrected chi connectivity index (χ1v) is 7.88. The SMILES string of the molecule is CC1CCC(Br)c2cc3c4c(cccc4c21)CC3. The first-order chi connectivity index (χ1) is 8.75. The fourth-order valence-electron chi connectivity index (χ4n) is 3.88. The minimum Gasteiger partial charge on any atom is -0.0839 e.